The number of thiophene rings is 1. The van der Waals surface area contributed by atoms with Crippen LogP contribution < -0.4 is 11.1 Å². The number of nitrogens with one attached hydrogen (secondary N) is 1. The minimum atomic E-state index is -0.176. The number of aromatic nitrogens is 1. The standard InChI is InChI=1S/C21H22BrN3OS/c1-3-12-4-6-17-13(9-12)10-15-18(23)19(27-21(15)25-17)20(26)24-16-7-5-14(22)8-11(16)2/h5,7-8,10,12H,3-4,6,9,23H2,1-2H3,(H,24,26)/t12-/m0/s1. The van der Waals surface area contributed by atoms with Crippen molar-refractivity contribution in [2.24, 2.45) is 5.92 Å². The van der Waals surface area contributed by atoms with Crippen molar-refractivity contribution < 1.29 is 4.79 Å². The number of halogens is 1. The zero-order valence-corrected chi connectivity index (χ0v) is 17.8. The first-order valence-corrected chi connectivity index (χ1v) is 10.9. The van der Waals surface area contributed by atoms with Gasteiger partial charge in [0.05, 0.1) is 5.69 Å². The van der Waals surface area contributed by atoms with Gasteiger partial charge >= 0.3 is 0 Å². The summed E-state index contributed by atoms with van der Waals surface area (Å²) in [6, 6.07) is 7.94. The van der Waals surface area contributed by atoms with Gasteiger partial charge in [0.25, 0.3) is 5.91 Å². The fraction of sp³-hybridized carbons (Fsp3) is 0.333. The molecule has 0 bridgehead atoms. The molecule has 2 heterocycles. The number of carbonyl (C=O) groups excluding carboxylic acids is 1. The molecule has 140 valence electrons. The van der Waals surface area contributed by atoms with E-state index in [9.17, 15) is 4.79 Å². The zero-order chi connectivity index (χ0) is 19.1. The van der Waals surface area contributed by atoms with Crippen molar-refractivity contribution in [1.82, 2.24) is 4.98 Å². The Morgan fingerprint density at radius 1 is 1.41 bits per heavy atom. The number of nitrogens with two attached hydrogens (primary N) is 1. The van der Waals surface area contributed by atoms with Crippen LogP contribution in [0.2, 0.25) is 0 Å². The van der Waals surface area contributed by atoms with Gasteiger partial charge in [0, 0.05) is 21.2 Å². The molecule has 0 radical (unpaired) electrons. The van der Waals surface area contributed by atoms with E-state index in [1.165, 1.54) is 35.4 Å². The Bertz CT molecular complexity index is 1040. The second kappa shape index (κ2) is 7.24. The lowest BCUT2D eigenvalue weighted by atomic mass is 9.85. The van der Waals surface area contributed by atoms with Gasteiger partial charge in [-0.25, -0.2) is 4.98 Å². The van der Waals surface area contributed by atoms with Crippen LogP contribution in [-0.4, -0.2) is 10.9 Å². The Labute approximate surface area is 171 Å². The fourth-order valence-electron chi connectivity index (χ4n) is 3.73. The molecule has 2 aromatic heterocycles. The SMILES string of the molecule is CC[C@H]1CCc2nc3sc(C(=O)Nc4ccc(Br)cc4C)c(N)c3cc2C1. The predicted molar refractivity (Wildman–Crippen MR) is 117 cm³/mol. The Balaban J connectivity index is 1.68. The first-order chi connectivity index (χ1) is 13.0. The highest BCUT2D eigenvalue weighted by Crippen LogP contribution is 2.37. The maximum atomic E-state index is 12.8. The van der Waals surface area contributed by atoms with E-state index in [1.807, 2.05) is 25.1 Å². The number of anilines is 2. The van der Waals surface area contributed by atoms with Crippen molar-refractivity contribution in [2.45, 2.75) is 39.5 Å². The number of pyridine rings is 1. The molecule has 27 heavy (non-hydrogen) atoms. The van der Waals surface area contributed by atoms with E-state index in [0.717, 1.165) is 44.7 Å². The maximum Gasteiger partial charge on any atom is 0.267 e. The Kier molecular flexibility index (Phi) is 4.95. The monoisotopic (exact) mass is 443 g/mol. The molecule has 4 nitrogen and oxygen atoms in total. The van der Waals surface area contributed by atoms with Gasteiger partial charge in [-0.2, -0.15) is 0 Å². The topological polar surface area (TPSA) is 68.0 Å². The minimum absolute atomic E-state index is 0.176. The summed E-state index contributed by atoms with van der Waals surface area (Å²) in [7, 11) is 0. The summed E-state index contributed by atoms with van der Waals surface area (Å²) in [5.74, 6) is 0.546. The summed E-state index contributed by atoms with van der Waals surface area (Å²) in [5, 5.41) is 3.89. The number of carbonyl (C=O) groups is 1. The first-order valence-electron chi connectivity index (χ1n) is 9.24. The largest absolute Gasteiger partial charge is 0.397 e. The lowest BCUT2D eigenvalue weighted by Gasteiger charge is -2.22. The van der Waals surface area contributed by atoms with Gasteiger partial charge in [-0.1, -0.05) is 29.3 Å². The number of nitrogen functional groups attached to an aromatic ring is 1. The number of amides is 1. The second-order valence-electron chi connectivity index (χ2n) is 7.22. The van der Waals surface area contributed by atoms with E-state index in [2.05, 4.69) is 34.2 Å². The smallest absolute Gasteiger partial charge is 0.267 e. The Morgan fingerprint density at radius 2 is 2.22 bits per heavy atom. The van der Waals surface area contributed by atoms with Crippen LogP contribution >= 0.6 is 27.3 Å². The average molecular weight is 444 g/mol. The lowest BCUT2D eigenvalue weighted by molar-refractivity contribution is 0.103. The van der Waals surface area contributed by atoms with E-state index in [4.69, 9.17) is 10.7 Å². The van der Waals surface area contributed by atoms with E-state index in [0.29, 0.717) is 10.6 Å². The molecule has 0 unspecified atom stereocenters. The third-order valence-corrected chi connectivity index (χ3v) is 7.02. The van der Waals surface area contributed by atoms with Gasteiger partial charge in [0.2, 0.25) is 0 Å². The Morgan fingerprint density at radius 3 is 2.96 bits per heavy atom. The van der Waals surface area contributed by atoms with E-state index < -0.39 is 0 Å². The maximum absolute atomic E-state index is 12.8. The molecular formula is C21H22BrN3OS. The molecule has 3 aromatic rings. The highest BCUT2D eigenvalue weighted by atomic mass is 79.9. The summed E-state index contributed by atoms with van der Waals surface area (Å²) in [6.45, 7) is 4.21. The van der Waals surface area contributed by atoms with Gasteiger partial charge in [0.1, 0.15) is 9.71 Å². The number of rotatable bonds is 3. The van der Waals surface area contributed by atoms with Gasteiger partial charge in [-0.15, -0.1) is 11.3 Å². The number of hydrogen-bond donors (Lipinski definition) is 2. The van der Waals surface area contributed by atoms with Crippen LogP contribution in [0.25, 0.3) is 10.2 Å². The molecule has 0 fully saturated rings. The molecule has 1 amide bonds. The fourth-order valence-corrected chi connectivity index (χ4v) is 5.20. The number of benzene rings is 1. The van der Waals surface area contributed by atoms with Crippen LogP contribution in [0.15, 0.2) is 28.7 Å². The number of hydrogen-bond acceptors (Lipinski definition) is 4. The van der Waals surface area contributed by atoms with Crippen molar-refractivity contribution in [3.05, 3.63) is 50.4 Å². The summed E-state index contributed by atoms with van der Waals surface area (Å²) in [4.78, 5) is 19.1. The summed E-state index contributed by atoms with van der Waals surface area (Å²) < 4.78 is 0.986. The summed E-state index contributed by atoms with van der Waals surface area (Å²) in [6.07, 6.45) is 4.46. The van der Waals surface area contributed by atoms with Crippen LogP contribution in [-0.2, 0) is 12.8 Å². The quantitative estimate of drug-likeness (QED) is 0.543. The van der Waals surface area contributed by atoms with Crippen molar-refractivity contribution in [1.29, 1.82) is 0 Å². The molecule has 6 heteroatoms. The predicted octanol–water partition coefficient (Wildman–Crippen LogP) is 5.72. The lowest BCUT2D eigenvalue weighted by Crippen LogP contribution is -2.14. The van der Waals surface area contributed by atoms with Gasteiger partial charge in [-0.3, -0.25) is 4.79 Å². The third kappa shape index (κ3) is 3.48. The van der Waals surface area contributed by atoms with Gasteiger partial charge in [-0.05, 0) is 67.5 Å². The molecule has 1 atom stereocenters. The number of nitrogens with zero attached hydrogens (tertiary/aromatic N) is 1. The van der Waals surface area contributed by atoms with Crippen molar-refractivity contribution in [2.75, 3.05) is 11.1 Å². The molecule has 4 rings (SSSR count). The van der Waals surface area contributed by atoms with Crippen LogP contribution in [0.3, 0.4) is 0 Å². The van der Waals surface area contributed by atoms with Crippen LogP contribution in [0.4, 0.5) is 11.4 Å². The third-order valence-electron chi connectivity index (χ3n) is 5.41. The molecular weight excluding hydrogens is 422 g/mol. The average Bonchev–Trinajstić information content (AvgIpc) is 2.97. The van der Waals surface area contributed by atoms with Crippen molar-refractivity contribution in [3.8, 4) is 0 Å². The molecule has 1 aliphatic carbocycles. The van der Waals surface area contributed by atoms with Crippen LogP contribution in [0, 0.1) is 12.8 Å². The molecule has 0 saturated carbocycles. The minimum Gasteiger partial charge on any atom is -0.397 e. The zero-order valence-electron chi connectivity index (χ0n) is 15.4. The van der Waals surface area contributed by atoms with E-state index >= 15 is 0 Å². The number of aryl methyl sites for hydroxylation is 2. The van der Waals surface area contributed by atoms with Crippen LogP contribution in [0.1, 0.15) is 46.3 Å². The number of fused-ring (bicyclic) bond motifs is 2. The first kappa shape index (κ1) is 18.4. The second-order valence-corrected chi connectivity index (χ2v) is 9.14. The molecule has 0 saturated heterocycles. The van der Waals surface area contributed by atoms with E-state index in [1.54, 1.807) is 0 Å². The molecule has 0 spiro atoms. The molecule has 1 aromatic carbocycles. The van der Waals surface area contributed by atoms with Crippen molar-refractivity contribution in [3.63, 3.8) is 0 Å². The summed E-state index contributed by atoms with van der Waals surface area (Å²) >= 11 is 4.83. The van der Waals surface area contributed by atoms with Gasteiger partial charge in [0.15, 0.2) is 0 Å². The molecule has 0 aliphatic heterocycles. The summed E-state index contributed by atoms with van der Waals surface area (Å²) in [5.41, 5.74) is 11.1. The molecule has 3 N–H and O–H groups in total. The normalized spacial score (nSPS) is 16.3. The van der Waals surface area contributed by atoms with Gasteiger partial charge < -0.3 is 11.1 Å². The van der Waals surface area contributed by atoms with Crippen molar-refractivity contribution >= 4 is 54.8 Å². The van der Waals surface area contributed by atoms with E-state index in [-0.39, 0.29) is 5.91 Å². The highest BCUT2D eigenvalue weighted by Gasteiger charge is 2.23. The van der Waals surface area contributed by atoms with Crippen LogP contribution in [0.5, 0.6) is 0 Å². The Hall–Kier alpha value is -1.92. The molecule has 1 aliphatic rings. The highest BCUT2D eigenvalue weighted by molar-refractivity contribution is 9.10.